The third-order valence-corrected chi connectivity index (χ3v) is 20.6. The Hall–Kier alpha value is -11.0. The first-order valence-corrected chi connectivity index (χ1v) is 35.1. The van der Waals surface area contributed by atoms with Crippen LogP contribution in [0.5, 0.6) is 0 Å². The second kappa shape index (κ2) is 23.3. The monoisotopic (exact) mass is 1310 g/mol. The van der Waals surface area contributed by atoms with E-state index in [-0.39, 0.29) is 21.7 Å². The lowest BCUT2D eigenvalue weighted by Gasteiger charge is -2.34. The summed E-state index contributed by atoms with van der Waals surface area (Å²) < 4.78 is 27.7. The lowest BCUT2D eigenvalue weighted by atomic mass is 9.86. The van der Waals surface area contributed by atoms with Gasteiger partial charge in [0.05, 0.1) is 45.5 Å². The minimum absolute atomic E-state index is 0.0982. The van der Waals surface area contributed by atoms with Gasteiger partial charge in [0, 0.05) is 76.6 Å². The van der Waals surface area contributed by atoms with Crippen molar-refractivity contribution in [2.75, 3.05) is 19.6 Å². The van der Waals surface area contributed by atoms with Crippen molar-refractivity contribution in [3.8, 4) is 0 Å². The van der Waals surface area contributed by atoms with Crippen LogP contribution in [-0.4, -0.2) is 0 Å². The van der Waals surface area contributed by atoms with E-state index in [1.165, 1.54) is 22.3 Å². The van der Waals surface area contributed by atoms with Crippen LogP contribution in [0.3, 0.4) is 0 Å². The number of benzene rings is 12. The first-order valence-electron chi connectivity index (χ1n) is 35.1. The van der Waals surface area contributed by atoms with E-state index in [0.29, 0.717) is 0 Å². The predicted molar refractivity (Wildman–Crippen MR) is 422 cm³/mol. The summed E-state index contributed by atoms with van der Waals surface area (Å²) in [5, 5.41) is 10.4. The van der Waals surface area contributed by atoms with Crippen molar-refractivity contribution in [1.82, 2.24) is 0 Å². The van der Waals surface area contributed by atoms with Crippen molar-refractivity contribution in [3.05, 3.63) is 276 Å². The molecule has 0 N–H and O–H groups in total. The van der Waals surface area contributed by atoms with Gasteiger partial charge in [-0.2, -0.15) is 0 Å². The first-order chi connectivity index (χ1) is 47.8. The number of hydrogen-bond acceptors (Lipinski definition) is 8. The summed E-state index contributed by atoms with van der Waals surface area (Å²) in [4.78, 5) is 9.89. The molecule has 0 spiro atoms. The zero-order chi connectivity index (χ0) is 69.6. The van der Waals surface area contributed by atoms with Crippen LogP contribution in [-0.2, 0) is 21.7 Å². The maximum absolute atomic E-state index is 6.91. The van der Waals surface area contributed by atoms with E-state index in [1.807, 2.05) is 0 Å². The molecule has 0 bridgehead atoms. The van der Waals surface area contributed by atoms with Crippen molar-refractivity contribution in [2.45, 2.75) is 132 Å². The zero-order valence-corrected chi connectivity index (χ0v) is 60.4. The molecule has 0 saturated carbocycles. The van der Waals surface area contributed by atoms with Gasteiger partial charge in [0.1, 0.15) is 45.4 Å². The lowest BCUT2D eigenvalue weighted by Crippen LogP contribution is -2.17. The average molecular weight is 1310 g/mol. The van der Waals surface area contributed by atoms with Gasteiger partial charge >= 0.3 is 0 Å². The Morgan fingerprint density at radius 1 is 0.220 bits per heavy atom. The quantitative estimate of drug-likeness (QED) is 0.112. The number of anilines is 12. The summed E-state index contributed by atoms with van der Waals surface area (Å²) in [5.41, 5.74) is 19.6. The van der Waals surface area contributed by atoms with Gasteiger partial charge in [-0.15, -0.1) is 0 Å². The Kier molecular flexibility index (Phi) is 14.9. The number of furan rings is 4. The highest BCUT2D eigenvalue weighted by molar-refractivity contribution is 6.33. The predicted octanol–water partition coefficient (Wildman–Crippen LogP) is 27.9. The fraction of sp³-hybridized carbons (Fsp3) is 0.217. The molecule has 0 amide bonds. The van der Waals surface area contributed by atoms with Gasteiger partial charge in [0.25, 0.3) is 0 Å². The second-order valence-corrected chi connectivity index (χ2v) is 31.4. The van der Waals surface area contributed by atoms with Gasteiger partial charge in [-0.25, -0.2) is 0 Å². The van der Waals surface area contributed by atoms with Crippen LogP contribution in [0.2, 0.25) is 0 Å². The molecule has 0 fully saturated rings. The SMILES string of the molecule is Cc1oc2ccccc2c1N(c1ccc(C(C)(C)C)cc1)c1cc(N(c2ccc(C(C)(C)C)cc2)c2c(C)oc3ccccc23)c2ccc3c(N(c4ccc(C(C)(C)C)cc4)c4c(C)oc5ccccc45)cc(N(c4ccc(C(C)(C)C)cc4)c4c(C)oc5ccccc45)c4ccc1c2c43. The number of para-hydroxylation sites is 4. The molecule has 0 aliphatic rings. The number of hydrogen-bond donors (Lipinski definition) is 0. The summed E-state index contributed by atoms with van der Waals surface area (Å²) in [6.45, 7) is 35.8. The smallest absolute Gasteiger partial charge is 0.136 e. The van der Waals surface area contributed by atoms with Crippen molar-refractivity contribution in [1.29, 1.82) is 0 Å². The highest BCUT2D eigenvalue weighted by atomic mass is 16.3. The minimum Gasteiger partial charge on any atom is -0.459 e. The maximum Gasteiger partial charge on any atom is 0.136 e. The molecule has 0 aliphatic carbocycles. The molecule has 0 unspecified atom stereocenters. The number of fused-ring (bicyclic) bond motifs is 4. The third-order valence-electron chi connectivity index (χ3n) is 20.6. The molecule has 0 aliphatic heterocycles. The van der Waals surface area contributed by atoms with Gasteiger partial charge in [-0.1, -0.05) is 204 Å². The van der Waals surface area contributed by atoms with Crippen LogP contribution in [0.1, 0.15) is 128 Å². The van der Waals surface area contributed by atoms with E-state index >= 15 is 0 Å². The summed E-state index contributed by atoms with van der Waals surface area (Å²) in [5.74, 6) is 3.21. The Balaban J connectivity index is 1.13. The van der Waals surface area contributed by atoms with Gasteiger partial charge in [0.15, 0.2) is 0 Å². The van der Waals surface area contributed by atoms with E-state index in [2.05, 4.69) is 361 Å². The van der Waals surface area contributed by atoms with Crippen LogP contribution in [0.4, 0.5) is 68.2 Å². The van der Waals surface area contributed by atoms with Crippen molar-refractivity contribution >= 4 is 144 Å². The summed E-state index contributed by atoms with van der Waals surface area (Å²) in [6, 6.07) is 85.1. The average Bonchev–Trinajstić information content (AvgIpc) is 0.812. The molecule has 16 rings (SSSR count). The minimum atomic E-state index is -0.0982. The van der Waals surface area contributed by atoms with Gasteiger partial charge in [-0.3, -0.25) is 0 Å². The van der Waals surface area contributed by atoms with Gasteiger partial charge < -0.3 is 37.3 Å². The molecule has 4 heterocycles. The molecule has 8 heteroatoms. The number of nitrogens with zero attached hydrogens (tertiary/aromatic N) is 4. The Bertz CT molecular complexity index is 5100. The lowest BCUT2D eigenvalue weighted by molar-refractivity contribution is 0.578. The Morgan fingerprint density at radius 3 is 0.600 bits per heavy atom. The van der Waals surface area contributed by atoms with Crippen LogP contribution < -0.4 is 19.6 Å². The summed E-state index contributed by atoms with van der Waals surface area (Å²) in [6.07, 6.45) is 0. The van der Waals surface area contributed by atoms with E-state index in [1.54, 1.807) is 0 Å². The highest BCUT2D eigenvalue weighted by Gasteiger charge is 2.35. The first kappa shape index (κ1) is 63.8. The van der Waals surface area contributed by atoms with Gasteiger partial charge in [-0.05, 0) is 181 Å². The van der Waals surface area contributed by atoms with Crippen molar-refractivity contribution in [3.63, 3.8) is 0 Å². The topological polar surface area (TPSA) is 65.5 Å². The molecule has 100 heavy (non-hydrogen) atoms. The molecule has 16 aromatic rings. The zero-order valence-electron chi connectivity index (χ0n) is 60.4. The summed E-state index contributed by atoms with van der Waals surface area (Å²) in [7, 11) is 0. The third kappa shape index (κ3) is 10.6. The van der Waals surface area contributed by atoms with Crippen LogP contribution in [0.25, 0.3) is 76.2 Å². The molecular weight excluding hydrogens is 1230 g/mol. The van der Waals surface area contributed by atoms with Crippen molar-refractivity contribution < 1.29 is 17.7 Å². The molecule has 0 radical (unpaired) electrons. The molecular formula is C92H86N4O4. The Labute approximate surface area is 586 Å². The fourth-order valence-electron chi connectivity index (χ4n) is 15.4. The molecule has 498 valence electrons. The summed E-state index contributed by atoms with van der Waals surface area (Å²) >= 11 is 0. The molecule has 12 aromatic carbocycles. The molecule has 0 saturated heterocycles. The number of aryl methyl sites for hydroxylation is 4. The highest BCUT2D eigenvalue weighted by Crippen LogP contribution is 2.58. The standard InChI is InChI=1S/C92H86N4O4/c1-55-85(71-25-17-21-29-79(71)97-55)93(63-41-33-59(34-42-63)89(5,6)7)75-53-76(94(64-43-35-60(36-44-64)90(8,9)10)86-56(2)98-80-30-22-18-26-72(80)86)68-51-52-70-78(96(66-47-39-62(40-48-66)92(14,15)16)88-58(4)100-82-32-24-20-28-74(82)88)54-77(69-50-49-67(75)83(68)84(69)70)95(65-45-37-61(38-46-65)91(11,12)13)87-57(3)99-81-31-23-19-27-73(81)87/h17-54H,1-16H3. The Morgan fingerprint density at radius 2 is 0.410 bits per heavy atom. The molecule has 4 aromatic heterocycles. The number of rotatable bonds is 12. The molecule has 8 nitrogen and oxygen atoms in total. The van der Waals surface area contributed by atoms with E-state index in [9.17, 15) is 0 Å². The van der Waals surface area contributed by atoms with Crippen LogP contribution >= 0.6 is 0 Å². The second-order valence-electron chi connectivity index (χ2n) is 31.4. The van der Waals surface area contributed by atoms with Crippen LogP contribution in [0.15, 0.2) is 248 Å². The molecule has 0 atom stereocenters. The largest absolute Gasteiger partial charge is 0.459 e. The normalized spacial score (nSPS) is 12.6. The van der Waals surface area contributed by atoms with E-state index in [0.717, 1.165) is 167 Å². The maximum atomic E-state index is 6.91. The fourth-order valence-corrected chi connectivity index (χ4v) is 15.4. The van der Waals surface area contributed by atoms with E-state index in [4.69, 9.17) is 17.7 Å². The van der Waals surface area contributed by atoms with Crippen LogP contribution in [0, 0.1) is 27.7 Å². The van der Waals surface area contributed by atoms with Gasteiger partial charge in [0.2, 0.25) is 0 Å². The van der Waals surface area contributed by atoms with E-state index < -0.39 is 0 Å². The van der Waals surface area contributed by atoms with Crippen molar-refractivity contribution in [2.24, 2.45) is 0 Å².